The highest BCUT2D eigenvalue weighted by Gasteiger charge is 2.16. The topological polar surface area (TPSA) is 45.2 Å². The predicted octanol–water partition coefficient (Wildman–Crippen LogP) is 2.76. The average molecular weight is 161 g/mol. The lowest BCUT2D eigenvalue weighted by molar-refractivity contribution is 0.0989. The molecule has 60 valence electrons. The zero-order chi connectivity index (χ0) is 8.97. The van der Waals surface area contributed by atoms with Crippen LogP contribution in [-0.2, 0) is 0 Å². The van der Waals surface area contributed by atoms with Crippen molar-refractivity contribution < 1.29 is 4.79 Å². The number of Topliss-reactive ketones (excluding diaryl/α,β-unsaturated/α-hetero) is 1. The lowest BCUT2D eigenvalue weighted by atomic mass is 10.1. The summed E-state index contributed by atoms with van der Waals surface area (Å²) in [5, 5.41) is 8.54. The molecule has 0 bridgehead atoms. The van der Waals surface area contributed by atoms with E-state index in [0.717, 1.165) is 0 Å². The van der Waals surface area contributed by atoms with E-state index in [4.69, 9.17) is 5.39 Å². The maximum atomic E-state index is 11.2. The van der Waals surface area contributed by atoms with Crippen molar-refractivity contribution in [1.29, 1.82) is 5.39 Å². The molecule has 1 rings (SSSR count). The fourth-order valence-electron chi connectivity index (χ4n) is 0.987. The molecule has 1 aromatic rings. The highest BCUT2D eigenvalue weighted by Crippen LogP contribution is 2.19. The van der Waals surface area contributed by atoms with Crippen LogP contribution in [0.25, 0.3) is 4.98 Å². The van der Waals surface area contributed by atoms with Crippen LogP contribution < -0.4 is 0 Å². The number of ketones is 1. The summed E-state index contributed by atoms with van der Waals surface area (Å²) in [4.78, 5) is 14.2. The van der Waals surface area contributed by atoms with E-state index in [1.807, 2.05) is 0 Å². The van der Waals surface area contributed by atoms with Crippen molar-refractivity contribution in [3.05, 3.63) is 34.8 Å². The molecule has 0 unspecified atom stereocenters. The van der Waals surface area contributed by atoms with Gasteiger partial charge in [0.2, 0.25) is 5.39 Å². The van der Waals surface area contributed by atoms with Gasteiger partial charge in [0.05, 0.1) is 0 Å². The minimum Gasteiger partial charge on any atom is -0.294 e. The Bertz CT molecular complexity index is 339. The zero-order valence-electron chi connectivity index (χ0n) is 6.82. The Labute approximate surface area is 70.6 Å². The molecule has 0 fully saturated rings. The maximum absolute atomic E-state index is 11.2. The molecule has 12 heavy (non-hydrogen) atoms. The average Bonchev–Trinajstić information content (AvgIpc) is 2.16. The van der Waals surface area contributed by atoms with Gasteiger partial charge in [-0.2, -0.15) is 0 Å². The number of rotatable bonds is 2. The minimum atomic E-state index is -0.0107. The number of diazo groups is 1. The molecule has 1 aromatic carbocycles. The summed E-state index contributed by atoms with van der Waals surface area (Å²) in [6, 6.07) is 6.73. The van der Waals surface area contributed by atoms with Crippen LogP contribution in [0.5, 0.6) is 0 Å². The Morgan fingerprint density at radius 2 is 2.17 bits per heavy atom. The van der Waals surface area contributed by atoms with E-state index in [0.29, 0.717) is 17.7 Å². The number of nitrogens with zero attached hydrogens (tertiary/aromatic N) is 2. The van der Waals surface area contributed by atoms with Crippen molar-refractivity contribution in [2.75, 3.05) is 0 Å². The molecule has 0 atom stereocenters. The van der Waals surface area contributed by atoms with E-state index in [1.165, 1.54) is 0 Å². The van der Waals surface area contributed by atoms with Crippen LogP contribution in [0.15, 0.2) is 24.3 Å². The molecule has 0 aliphatic heterocycles. The van der Waals surface area contributed by atoms with Gasteiger partial charge in [-0.25, -0.2) is 0 Å². The van der Waals surface area contributed by atoms with E-state index < -0.39 is 0 Å². The van der Waals surface area contributed by atoms with Gasteiger partial charge >= 0.3 is 5.69 Å². The third-order valence-corrected chi connectivity index (χ3v) is 1.63. The molecule has 0 aliphatic carbocycles. The Kier molecular flexibility index (Phi) is 2.54. The van der Waals surface area contributed by atoms with Crippen LogP contribution in [0.3, 0.4) is 0 Å². The first-order chi connectivity index (χ1) is 5.79. The summed E-state index contributed by atoms with van der Waals surface area (Å²) in [7, 11) is 0. The van der Waals surface area contributed by atoms with Crippen molar-refractivity contribution in [1.82, 2.24) is 0 Å². The fraction of sp³-hybridized carbons (Fsp3) is 0.222. The highest BCUT2D eigenvalue weighted by molar-refractivity contribution is 6.01. The second-order valence-electron chi connectivity index (χ2n) is 2.39. The van der Waals surface area contributed by atoms with E-state index in [1.54, 1.807) is 31.2 Å². The van der Waals surface area contributed by atoms with Crippen LogP contribution in [0.4, 0.5) is 5.69 Å². The maximum Gasteiger partial charge on any atom is 0.395 e. The molecule has 0 radical (unpaired) electrons. The molecule has 3 heteroatoms. The zero-order valence-corrected chi connectivity index (χ0v) is 6.82. The number of carbonyl (C=O) groups is 1. The normalized spacial score (nSPS) is 9.00. The van der Waals surface area contributed by atoms with Crippen molar-refractivity contribution >= 4 is 11.5 Å². The molecular formula is C9H9N2O+. The van der Waals surface area contributed by atoms with Gasteiger partial charge in [-0.15, -0.1) is 0 Å². The van der Waals surface area contributed by atoms with Gasteiger partial charge in [-0.05, 0) is 6.07 Å². The van der Waals surface area contributed by atoms with E-state index >= 15 is 0 Å². The van der Waals surface area contributed by atoms with Crippen molar-refractivity contribution in [3.8, 4) is 0 Å². The third-order valence-electron chi connectivity index (χ3n) is 1.63. The molecule has 0 saturated heterocycles. The molecule has 0 N–H and O–H groups in total. The van der Waals surface area contributed by atoms with Gasteiger partial charge in [0.15, 0.2) is 10.8 Å². The predicted molar refractivity (Wildman–Crippen MR) is 45.8 cm³/mol. The summed E-state index contributed by atoms with van der Waals surface area (Å²) in [6.07, 6.45) is 0.423. The quantitative estimate of drug-likeness (QED) is 0.494. The van der Waals surface area contributed by atoms with Crippen molar-refractivity contribution in [2.24, 2.45) is 0 Å². The minimum absolute atomic E-state index is 0.0107. The summed E-state index contributed by atoms with van der Waals surface area (Å²) >= 11 is 0. The van der Waals surface area contributed by atoms with Gasteiger partial charge in [0, 0.05) is 12.5 Å². The molecule has 0 saturated carbocycles. The number of hydrogen-bond acceptors (Lipinski definition) is 2. The van der Waals surface area contributed by atoms with Crippen molar-refractivity contribution in [3.63, 3.8) is 0 Å². The van der Waals surface area contributed by atoms with Gasteiger partial charge in [0.25, 0.3) is 0 Å². The van der Waals surface area contributed by atoms with Gasteiger partial charge < -0.3 is 0 Å². The van der Waals surface area contributed by atoms with Crippen LogP contribution in [-0.4, -0.2) is 5.78 Å². The first kappa shape index (κ1) is 8.41. The van der Waals surface area contributed by atoms with Crippen LogP contribution >= 0.6 is 0 Å². The van der Waals surface area contributed by atoms with E-state index in [-0.39, 0.29) is 5.78 Å². The van der Waals surface area contributed by atoms with Crippen LogP contribution in [0.2, 0.25) is 0 Å². The molecule has 0 aliphatic rings. The Morgan fingerprint density at radius 3 is 2.75 bits per heavy atom. The van der Waals surface area contributed by atoms with Gasteiger partial charge in [0.1, 0.15) is 5.56 Å². The molecular weight excluding hydrogens is 152 g/mol. The Hall–Kier alpha value is -1.69. The largest absolute Gasteiger partial charge is 0.395 e. The third kappa shape index (κ3) is 1.48. The molecule has 3 nitrogen and oxygen atoms in total. The number of hydrogen-bond donors (Lipinski definition) is 0. The summed E-state index contributed by atoms with van der Waals surface area (Å²) in [5.41, 5.74) is 0.812. The van der Waals surface area contributed by atoms with Crippen LogP contribution in [0, 0.1) is 5.39 Å². The summed E-state index contributed by atoms with van der Waals surface area (Å²) in [6.45, 7) is 1.77. The first-order valence-electron chi connectivity index (χ1n) is 3.77. The second-order valence-corrected chi connectivity index (χ2v) is 2.39. The Balaban J connectivity index is 3.16. The highest BCUT2D eigenvalue weighted by atomic mass is 16.1. The monoisotopic (exact) mass is 161 g/mol. The van der Waals surface area contributed by atoms with E-state index in [9.17, 15) is 4.79 Å². The molecule has 0 aromatic heterocycles. The standard InChI is InChI=1S/C9H9N2O/c1-2-9(12)7-5-3-4-6-8(7)11-10/h3-6H,2H2,1H3/q+1. The smallest absolute Gasteiger partial charge is 0.294 e. The number of carbonyl (C=O) groups excluding carboxylic acids is 1. The molecule has 0 amide bonds. The lowest BCUT2D eigenvalue weighted by Gasteiger charge is -1.91. The lowest BCUT2D eigenvalue weighted by Crippen LogP contribution is -1.95. The van der Waals surface area contributed by atoms with Gasteiger partial charge in [-0.3, -0.25) is 4.79 Å². The molecule has 0 spiro atoms. The SMILES string of the molecule is CCC(=O)c1ccccc1[N+]#N. The van der Waals surface area contributed by atoms with E-state index in [2.05, 4.69) is 4.98 Å². The molecule has 0 heterocycles. The second kappa shape index (κ2) is 3.63. The number of benzene rings is 1. The van der Waals surface area contributed by atoms with Gasteiger partial charge in [-0.1, -0.05) is 19.1 Å². The summed E-state index contributed by atoms with van der Waals surface area (Å²) < 4.78 is 0. The fourth-order valence-corrected chi connectivity index (χ4v) is 0.987. The Morgan fingerprint density at radius 1 is 1.50 bits per heavy atom. The van der Waals surface area contributed by atoms with Crippen LogP contribution in [0.1, 0.15) is 23.7 Å². The first-order valence-corrected chi connectivity index (χ1v) is 3.77. The summed E-state index contributed by atoms with van der Waals surface area (Å²) in [5.74, 6) is -0.0107. The van der Waals surface area contributed by atoms with Crippen molar-refractivity contribution in [2.45, 2.75) is 13.3 Å².